The average molecular weight is 216 g/mol. The highest BCUT2D eigenvalue weighted by molar-refractivity contribution is 5.71. The van der Waals surface area contributed by atoms with E-state index in [-0.39, 0.29) is 5.97 Å². The van der Waals surface area contributed by atoms with Crippen LogP contribution in [0, 0.1) is 0 Å². The van der Waals surface area contributed by atoms with Gasteiger partial charge >= 0.3 is 5.97 Å². The normalized spacial score (nSPS) is 10.7. The molecular weight excluding hydrogens is 192 g/mol. The molecule has 2 N–H and O–H groups in total. The van der Waals surface area contributed by atoms with Gasteiger partial charge in [0, 0.05) is 0 Å². The van der Waals surface area contributed by atoms with E-state index in [9.17, 15) is 4.79 Å². The van der Waals surface area contributed by atoms with Crippen molar-refractivity contribution in [2.24, 2.45) is 5.73 Å². The van der Waals surface area contributed by atoms with E-state index in [0.717, 1.165) is 45.3 Å². The van der Waals surface area contributed by atoms with Gasteiger partial charge in [-0.2, -0.15) is 0 Å². The van der Waals surface area contributed by atoms with Gasteiger partial charge in [-0.3, -0.25) is 9.69 Å². The van der Waals surface area contributed by atoms with Gasteiger partial charge in [0.15, 0.2) is 0 Å². The second kappa shape index (κ2) is 9.93. The highest BCUT2D eigenvalue weighted by atomic mass is 16.5. The van der Waals surface area contributed by atoms with Crippen molar-refractivity contribution < 1.29 is 9.53 Å². The summed E-state index contributed by atoms with van der Waals surface area (Å²) in [5, 5.41) is 0. The number of ether oxygens (including phenoxy) is 1. The molecule has 0 aromatic rings. The highest BCUT2D eigenvalue weighted by Crippen LogP contribution is 1.99. The number of methoxy groups -OCH3 is 1. The Hall–Kier alpha value is -0.610. The summed E-state index contributed by atoms with van der Waals surface area (Å²) >= 11 is 0. The van der Waals surface area contributed by atoms with E-state index in [4.69, 9.17) is 5.73 Å². The number of nitrogens with two attached hydrogens (primary N) is 1. The monoisotopic (exact) mass is 216 g/mol. The minimum atomic E-state index is -0.151. The number of hydrogen-bond acceptors (Lipinski definition) is 4. The Morgan fingerprint density at radius 2 is 2.00 bits per heavy atom. The molecule has 0 unspecified atom stereocenters. The summed E-state index contributed by atoms with van der Waals surface area (Å²) in [7, 11) is 1.43. The number of esters is 1. The van der Waals surface area contributed by atoms with Gasteiger partial charge in [0.2, 0.25) is 0 Å². The number of rotatable bonds is 9. The van der Waals surface area contributed by atoms with Crippen molar-refractivity contribution in [2.45, 2.75) is 32.6 Å². The molecule has 4 heteroatoms. The number of hydrogen-bond donors (Lipinski definition) is 1. The van der Waals surface area contributed by atoms with Gasteiger partial charge in [-0.15, -0.1) is 0 Å². The Morgan fingerprint density at radius 3 is 2.53 bits per heavy atom. The first kappa shape index (κ1) is 14.4. The zero-order valence-corrected chi connectivity index (χ0v) is 10.00. The minimum absolute atomic E-state index is 0.151. The molecule has 0 aliphatic carbocycles. The molecule has 0 spiro atoms. The average Bonchev–Trinajstić information content (AvgIpc) is 2.24. The fourth-order valence-corrected chi connectivity index (χ4v) is 1.49. The van der Waals surface area contributed by atoms with Crippen molar-refractivity contribution in [1.29, 1.82) is 0 Å². The Balaban J connectivity index is 3.67. The molecule has 90 valence electrons. The maximum Gasteiger partial charge on any atom is 0.319 e. The van der Waals surface area contributed by atoms with Crippen LogP contribution in [-0.2, 0) is 9.53 Å². The van der Waals surface area contributed by atoms with Crippen molar-refractivity contribution in [3.8, 4) is 0 Å². The lowest BCUT2D eigenvalue weighted by Crippen LogP contribution is -2.32. The van der Waals surface area contributed by atoms with Crippen LogP contribution in [0.1, 0.15) is 32.6 Å². The number of nitrogens with zero attached hydrogens (tertiary/aromatic N) is 1. The lowest BCUT2D eigenvalue weighted by molar-refractivity contribution is -0.141. The largest absolute Gasteiger partial charge is 0.468 e. The van der Waals surface area contributed by atoms with Crippen molar-refractivity contribution in [2.75, 3.05) is 33.3 Å². The first-order valence-electron chi connectivity index (χ1n) is 5.73. The molecule has 0 saturated heterocycles. The maximum atomic E-state index is 11.1. The van der Waals surface area contributed by atoms with Crippen LogP contribution < -0.4 is 5.73 Å². The van der Waals surface area contributed by atoms with Crippen LogP contribution in [0.2, 0.25) is 0 Å². The third-order valence-corrected chi connectivity index (χ3v) is 2.30. The molecule has 4 nitrogen and oxygen atoms in total. The molecule has 0 rings (SSSR count). The molecule has 0 fully saturated rings. The number of carbonyl (C=O) groups is 1. The second-order valence-electron chi connectivity index (χ2n) is 3.70. The summed E-state index contributed by atoms with van der Waals surface area (Å²) in [4.78, 5) is 13.2. The molecule has 0 amide bonds. The Bertz CT molecular complexity index is 163. The summed E-state index contributed by atoms with van der Waals surface area (Å²) in [6.07, 6.45) is 4.37. The molecule has 0 aliphatic heterocycles. The van der Waals surface area contributed by atoms with E-state index >= 15 is 0 Å². The standard InChI is InChI=1S/C11H24N2O2/c1-3-8-13(10-11(14)15-2)9-6-4-5-7-12/h3-10,12H2,1-2H3. The van der Waals surface area contributed by atoms with Gasteiger partial charge in [-0.1, -0.05) is 13.3 Å². The molecule has 0 aliphatic rings. The lowest BCUT2D eigenvalue weighted by Gasteiger charge is -2.19. The topological polar surface area (TPSA) is 55.6 Å². The van der Waals surface area contributed by atoms with Gasteiger partial charge in [0.1, 0.15) is 0 Å². The molecule has 0 atom stereocenters. The van der Waals surface area contributed by atoms with Crippen molar-refractivity contribution >= 4 is 5.97 Å². The Morgan fingerprint density at radius 1 is 1.27 bits per heavy atom. The first-order valence-corrected chi connectivity index (χ1v) is 5.73. The Labute approximate surface area is 92.8 Å². The smallest absolute Gasteiger partial charge is 0.319 e. The van der Waals surface area contributed by atoms with Gasteiger partial charge in [-0.25, -0.2) is 0 Å². The number of unbranched alkanes of at least 4 members (excludes halogenated alkanes) is 2. The molecule has 0 heterocycles. The summed E-state index contributed by atoms with van der Waals surface area (Å²) in [5.41, 5.74) is 5.42. The fourth-order valence-electron chi connectivity index (χ4n) is 1.49. The van der Waals surface area contributed by atoms with E-state index in [1.165, 1.54) is 7.11 Å². The molecule has 0 aromatic carbocycles. The summed E-state index contributed by atoms with van der Waals surface area (Å²) in [6, 6.07) is 0. The predicted molar refractivity (Wildman–Crippen MR) is 61.7 cm³/mol. The van der Waals surface area contributed by atoms with Crippen molar-refractivity contribution in [1.82, 2.24) is 4.90 Å². The van der Waals surface area contributed by atoms with Crippen LogP contribution in [0.3, 0.4) is 0 Å². The van der Waals surface area contributed by atoms with Crippen LogP contribution >= 0.6 is 0 Å². The van der Waals surface area contributed by atoms with Gasteiger partial charge in [0.05, 0.1) is 13.7 Å². The summed E-state index contributed by atoms with van der Waals surface area (Å²) in [6.45, 7) is 5.20. The van der Waals surface area contributed by atoms with Crippen molar-refractivity contribution in [3.05, 3.63) is 0 Å². The number of carbonyl (C=O) groups excluding carboxylic acids is 1. The highest BCUT2D eigenvalue weighted by Gasteiger charge is 2.08. The van der Waals surface area contributed by atoms with Crippen LogP contribution in [0.25, 0.3) is 0 Å². The van der Waals surface area contributed by atoms with Crippen LogP contribution in [-0.4, -0.2) is 44.2 Å². The third kappa shape index (κ3) is 8.39. The SMILES string of the molecule is CCCN(CCCCCN)CC(=O)OC. The van der Waals surface area contributed by atoms with Gasteiger partial charge < -0.3 is 10.5 Å². The quantitative estimate of drug-likeness (QED) is 0.461. The molecule has 0 saturated carbocycles. The zero-order chi connectivity index (χ0) is 11.5. The van der Waals surface area contributed by atoms with Gasteiger partial charge in [-0.05, 0) is 38.9 Å². The fraction of sp³-hybridized carbons (Fsp3) is 0.909. The molecule has 0 radical (unpaired) electrons. The maximum absolute atomic E-state index is 11.1. The zero-order valence-electron chi connectivity index (χ0n) is 10.00. The minimum Gasteiger partial charge on any atom is -0.468 e. The molecule has 0 bridgehead atoms. The van der Waals surface area contributed by atoms with Crippen LogP contribution in [0.5, 0.6) is 0 Å². The van der Waals surface area contributed by atoms with E-state index in [1.807, 2.05) is 0 Å². The molecule has 0 aromatic heterocycles. The van der Waals surface area contributed by atoms with E-state index in [2.05, 4.69) is 16.6 Å². The third-order valence-electron chi connectivity index (χ3n) is 2.30. The Kier molecular flexibility index (Phi) is 9.52. The lowest BCUT2D eigenvalue weighted by atomic mass is 10.2. The van der Waals surface area contributed by atoms with Crippen LogP contribution in [0.15, 0.2) is 0 Å². The van der Waals surface area contributed by atoms with Crippen LogP contribution in [0.4, 0.5) is 0 Å². The van der Waals surface area contributed by atoms with Gasteiger partial charge in [0.25, 0.3) is 0 Å². The molecular formula is C11H24N2O2. The summed E-state index contributed by atoms with van der Waals surface area (Å²) in [5.74, 6) is -0.151. The summed E-state index contributed by atoms with van der Waals surface area (Å²) < 4.78 is 4.65. The predicted octanol–water partition coefficient (Wildman–Crippen LogP) is 1.00. The van der Waals surface area contributed by atoms with E-state index in [1.54, 1.807) is 0 Å². The van der Waals surface area contributed by atoms with Crippen molar-refractivity contribution in [3.63, 3.8) is 0 Å². The van der Waals surface area contributed by atoms with E-state index in [0.29, 0.717) is 6.54 Å². The first-order chi connectivity index (χ1) is 7.24. The second-order valence-corrected chi connectivity index (χ2v) is 3.70. The molecule has 15 heavy (non-hydrogen) atoms. The van der Waals surface area contributed by atoms with E-state index < -0.39 is 0 Å².